The van der Waals surface area contributed by atoms with E-state index in [0.717, 1.165) is 43.2 Å². The molecule has 2 aromatic rings. The first-order chi connectivity index (χ1) is 13.9. The van der Waals surface area contributed by atoms with E-state index in [4.69, 9.17) is 9.47 Å². The summed E-state index contributed by atoms with van der Waals surface area (Å²) in [5, 5.41) is 0. The highest BCUT2D eigenvalue weighted by Gasteiger charge is 2.42. The summed E-state index contributed by atoms with van der Waals surface area (Å²) in [7, 11) is 0. The third kappa shape index (κ3) is 4.81. The molecule has 29 heavy (non-hydrogen) atoms. The number of hydrogen-bond donors (Lipinski definition) is 0. The maximum atomic E-state index is 12.3. The maximum Gasteiger partial charge on any atom is 0.410 e. The van der Waals surface area contributed by atoms with Crippen LogP contribution in [0.2, 0.25) is 0 Å². The number of hydrogen-bond acceptors (Lipinski definition) is 5. The predicted octanol–water partition coefficient (Wildman–Crippen LogP) is 3.96. The Hall–Kier alpha value is -2.76. The normalized spacial score (nSPS) is 21.2. The summed E-state index contributed by atoms with van der Waals surface area (Å²) in [5.74, 6) is 1.71. The van der Waals surface area contributed by atoms with Crippen LogP contribution in [0.5, 0.6) is 5.75 Å². The van der Waals surface area contributed by atoms with Gasteiger partial charge in [0, 0.05) is 44.1 Å². The Balaban J connectivity index is 1.33. The van der Waals surface area contributed by atoms with Crippen molar-refractivity contribution < 1.29 is 14.3 Å². The number of ether oxygens (including phenoxy) is 2. The lowest BCUT2D eigenvalue weighted by Gasteiger charge is -2.26. The highest BCUT2D eigenvalue weighted by Crippen LogP contribution is 2.35. The molecule has 2 fully saturated rings. The molecule has 4 rings (SSSR count). The van der Waals surface area contributed by atoms with Crippen molar-refractivity contribution in [2.45, 2.75) is 33.0 Å². The topological polar surface area (TPSA) is 54.9 Å². The van der Waals surface area contributed by atoms with E-state index in [1.807, 2.05) is 50.1 Å². The third-order valence-electron chi connectivity index (χ3n) is 5.45. The van der Waals surface area contributed by atoms with Gasteiger partial charge >= 0.3 is 6.09 Å². The highest BCUT2D eigenvalue weighted by molar-refractivity contribution is 5.68. The SMILES string of the molecule is CC(C)(C)OC(=O)N1C[C@@H]2CN(c3cncc(OCc4ccccc4)c3)C[C@@H]2C1. The zero-order valence-electron chi connectivity index (χ0n) is 17.4. The fourth-order valence-electron chi connectivity index (χ4n) is 4.08. The molecule has 0 bridgehead atoms. The van der Waals surface area contributed by atoms with Crippen molar-refractivity contribution in [1.82, 2.24) is 9.88 Å². The van der Waals surface area contributed by atoms with Crippen LogP contribution in [-0.2, 0) is 11.3 Å². The summed E-state index contributed by atoms with van der Waals surface area (Å²) in [6, 6.07) is 12.2. The first-order valence-corrected chi connectivity index (χ1v) is 10.2. The molecule has 0 aliphatic carbocycles. The average Bonchev–Trinajstić information content (AvgIpc) is 3.25. The van der Waals surface area contributed by atoms with Crippen molar-refractivity contribution in [1.29, 1.82) is 0 Å². The van der Waals surface area contributed by atoms with E-state index in [1.165, 1.54) is 0 Å². The second-order valence-electron chi connectivity index (χ2n) is 8.96. The Labute approximate surface area is 172 Å². The number of amides is 1. The van der Waals surface area contributed by atoms with E-state index >= 15 is 0 Å². The van der Waals surface area contributed by atoms with Crippen LogP contribution >= 0.6 is 0 Å². The smallest absolute Gasteiger partial charge is 0.410 e. The van der Waals surface area contributed by atoms with E-state index in [1.54, 1.807) is 6.20 Å². The standard InChI is InChI=1S/C23H29N3O3/c1-23(2,3)29-22(27)26-14-18-12-25(13-19(18)15-26)20-9-21(11-24-10-20)28-16-17-7-5-4-6-8-17/h4-11,18-19H,12-16H2,1-3H3/t18-,19+. The number of nitrogens with zero attached hydrogens (tertiary/aromatic N) is 3. The molecule has 1 amide bonds. The van der Waals surface area contributed by atoms with Gasteiger partial charge in [-0.05, 0) is 26.3 Å². The molecule has 2 aliphatic rings. The Morgan fingerprint density at radius 2 is 1.76 bits per heavy atom. The Morgan fingerprint density at radius 1 is 1.07 bits per heavy atom. The van der Waals surface area contributed by atoms with Gasteiger partial charge < -0.3 is 19.3 Å². The molecule has 2 aliphatic heterocycles. The molecule has 2 atom stereocenters. The van der Waals surface area contributed by atoms with Crippen LogP contribution in [0, 0.1) is 11.8 Å². The summed E-state index contributed by atoms with van der Waals surface area (Å²) in [5.41, 5.74) is 1.76. The first-order valence-electron chi connectivity index (χ1n) is 10.2. The molecule has 0 unspecified atom stereocenters. The molecule has 0 N–H and O–H groups in total. The van der Waals surface area contributed by atoms with Crippen LogP contribution in [0.15, 0.2) is 48.8 Å². The van der Waals surface area contributed by atoms with Gasteiger partial charge in [-0.1, -0.05) is 30.3 Å². The molecule has 6 nitrogen and oxygen atoms in total. The van der Waals surface area contributed by atoms with E-state index in [0.29, 0.717) is 18.4 Å². The number of pyridine rings is 1. The molecule has 2 saturated heterocycles. The van der Waals surface area contributed by atoms with Gasteiger partial charge in [0.25, 0.3) is 0 Å². The number of rotatable bonds is 4. The molecule has 0 spiro atoms. The van der Waals surface area contributed by atoms with Gasteiger partial charge in [0.2, 0.25) is 0 Å². The molecule has 1 aromatic carbocycles. The van der Waals surface area contributed by atoms with Crippen LogP contribution in [0.4, 0.5) is 10.5 Å². The van der Waals surface area contributed by atoms with Crippen molar-refractivity contribution in [3.63, 3.8) is 0 Å². The Kier molecular flexibility index (Phi) is 5.35. The van der Waals surface area contributed by atoms with Crippen LogP contribution < -0.4 is 9.64 Å². The molecule has 6 heteroatoms. The minimum absolute atomic E-state index is 0.198. The predicted molar refractivity (Wildman–Crippen MR) is 112 cm³/mol. The summed E-state index contributed by atoms with van der Waals surface area (Å²) in [6.07, 6.45) is 3.45. The quantitative estimate of drug-likeness (QED) is 0.784. The molecule has 1 aromatic heterocycles. The molecule has 0 radical (unpaired) electrons. The van der Waals surface area contributed by atoms with E-state index in [-0.39, 0.29) is 6.09 Å². The van der Waals surface area contributed by atoms with Gasteiger partial charge in [-0.15, -0.1) is 0 Å². The molecule has 3 heterocycles. The molecule has 154 valence electrons. The van der Waals surface area contributed by atoms with E-state index < -0.39 is 5.60 Å². The summed E-state index contributed by atoms with van der Waals surface area (Å²) in [6.45, 7) is 9.61. The molecular weight excluding hydrogens is 366 g/mol. The van der Waals surface area contributed by atoms with Gasteiger partial charge in [-0.2, -0.15) is 0 Å². The molecular formula is C23H29N3O3. The van der Waals surface area contributed by atoms with Crippen molar-refractivity contribution in [3.8, 4) is 5.75 Å². The first kappa shape index (κ1) is 19.6. The van der Waals surface area contributed by atoms with Crippen molar-refractivity contribution >= 4 is 11.8 Å². The zero-order valence-corrected chi connectivity index (χ0v) is 17.4. The summed E-state index contributed by atoms with van der Waals surface area (Å²) < 4.78 is 11.4. The third-order valence-corrected chi connectivity index (χ3v) is 5.45. The largest absolute Gasteiger partial charge is 0.487 e. The monoisotopic (exact) mass is 395 g/mol. The van der Waals surface area contributed by atoms with E-state index in [9.17, 15) is 4.79 Å². The van der Waals surface area contributed by atoms with Crippen molar-refractivity contribution in [2.24, 2.45) is 11.8 Å². The van der Waals surface area contributed by atoms with Gasteiger partial charge in [0.05, 0.1) is 18.1 Å². The van der Waals surface area contributed by atoms with Gasteiger partial charge in [0.1, 0.15) is 18.0 Å². The summed E-state index contributed by atoms with van der Waals surface area (Å²) >= 11 is 0. The Bertz CT molecular complexity index is 836. The van der Waals surface area contributed by atoms with Crippen LogP contribution in [0.1, 0.15) is 26.3 Å². The fraction of sp³-hybridized carbons (Fsp3) is 0.478. The number of carbonyl (C=O) groups excluding carboxylic acids is 1. The lowest BCUT2D eigenvalue weighted by molar-refractivity contribution is 0.0282. The Morgan fingerprint density at radius 3 is 2.41 bits per heavy atom. The van der Waals surface area contributed by atoms with E-state index in [2.05, 4.69) is 28.1 Å². The van der Waals surface area contributed by atoms with Gasteiger partial charge in [-0.3, -0.25) is 4.98 Å². The van der Waals surface area contributed by atoms with Gasteiger partial charge in [0.15, 0.2) is 0 Å². The number of fused-ring (bicyclic) bond motifs is 1. The van der Waals surface area contributed by atoms with Crippen molar-refractivity contribution in [3.05, 3.63) is 54.4 Å². The van der Waals surface area contributed by atoms with Crippen LogP contribution in [0.25, 0.3) is 0 Å². The van der Waals surface area contributed by atoms with Crippen LogP contribution in [-0.4, -0.2) is 47.8 Å². The number of benzene rings is 1. The van der Waals surface area contributed by atoms with Crippen molar-refractivity contribution in [2.75, 3.05) is 31.1 Å². The zero-order chi connectivity index (χ0) is 20.4. The fourth-order valence-corrected chi connectivity index (χ4v) is 4.08. The number of aromatic nitrogens is 1. The van der Waals surface area contributed by atoms with Crippen LogP contribution in [0.3, 0.4) is 0 Å². The number of anilines is 1. The number of carbonyl (C=O) groups is 1. The van der Waals surface area contributed by atoms with Gasteiger partial charge in [-0.25, -0.2) is 4.79 Å². The lowest BCUT2D eigenvalue weighted by Crippen LogP contribution is -2.37. The minimum Gasteiger partial charge on any atom is -0.487 e. The highest BCUT2D eigenvalue weighted by atomic mass is 16.6. The second kappa shape index (κ2) is 7.93. The average molecular weight is 396 g/mol. The number of likely N-dealkylation sites (tertiary alicyclic amines) is 1. The maximum absolute atomic E-state index is 12.3. The molecule has 0 saturated carbocycles. The summed E-state index contributed by atoms with van der Waals surface area (Å²) in [4.78, 5) is 20.9. The lowest BCUT2D eigenvalue weighted by atomic mass is 10.0. The minimum atomic E-state index is -0.452. The second-order valence-corrected chi connectivity index (χ2v) is 8.96.